The van der Waals surface area contributed by atoms with Gasteiger partial charge in [0.2, 0.25) is 0 Å². The van der Waals surface area contributed by atoms with Gasteiger partial charge in [0.1, 0.15) is 0 Å². The van der Waals surface area contributed by atoms with Crippen LogP contribution in [0.1, 0.15) is 29.0 Å². The van der Waals surface area contributed by atoms with E-state index >= 15 is 0 Å². The second kappa shape index (κ2) is 6.17. The maximum absolute atomic E-state index is 14.0. The molecule has 4 heteroatoms. The largest absolute Gasteiger partial charge is 0.494 e. The van der Waals surface area contributed by atoms with E-state index in [9.17, 15) is 9.50 Å². The molecule has 1 heterocycles. The van der Waals surface area contributed by atoms with Gasteiger partial charge < -0.3 is 9.84 Å². The van der Waals surface area contributed by atoms with E-state index in [-0.39, 0.29) is 12.2 Å². The minimum atomic E-state index is -0.670. The van der Waals surface area contributed by atoms with Crippen molar-refractivity contribution in [2.24, 2.45) is 0 Å². The molecule has 2 aromatic rings. The number of aliphatic hydroxyl groups excluding tert-OH is 1. The van der Waals surface area contributed by atoms with Crippen LogP contribution in [0, 0.1) is 5.82 Å². The zero-order chi connectivity index (χ0) is 13.8. The zero-order valence-corrected chi connectivity index (χ0v) is 11.8. The highest BCUT2D eigenvalue weighted by molar-refractivity contribution is 7.10. The van der Waals surface area contributed by atoms with Crippen LogP contribution in [0.5, 0.6) is 5.75 Å². The lowest BCUT2D eigenvalue weighted by molar-refractivity contribution is 0.179. The first-order valence-corrected chi connectivity index (χ1v) is 7.11. The van der Waals surface area contributed by atoms with Crippen LogP contribution < -0.4 is 4.74 Å². The molecule has 0 spiro atoms. The highest BCUT2D eigenvalue weighted by Gasteiger charge is 2.17. The molecule has 0 bridgehead atoms. The molecule has 1 aromatic heterocycles. The second-order valence-electron chi connectivity index (χ2n) is 4.32. The van der Waals surface area contributed by atoms with Crippen molar-refractivity contribution < 1.29 is 14.2 Å². The van der Waals surface area contributed by atoms with E-state index in [1.165, 1.54) is 18.4 Å². The third-order valence-corrected chi connectivity index (χ3v) is 4.20. The molecule has 0 fully saturated rings. The Morgan fingerprint density at radius 1 is 1.32 bits per heavy atom. The number of ether oxygens (including phenoxy) is 1. The minimum Gasteiger partial charge on any atom is -0.494 e. The molecule has 1 atom stereocenters. The highest BCUT2D eigenvalue weighted by Crippen LogP contribution is 2.30. The first kappa shape index (κ1) is 14.0. The fourth-order valence-electron chi connectivity index (χ4n) is 2.10. The monoisotopic (exact) mass is 280 g/mol. The number of rotatable bonds is 5. The molecule has 0 saturated heterocycles. The summed E-state index contributed by atoms with van der Waals surface area (Å²) in [6.45, 7) is 2.05. The number of aryl methyl sites for hydroxylation is 1. The molecular formula is C15H17FO2S. The Morgan fingerprint density at radius 3 is 2.79 bits per heavy atom. The minimum absolute atomic E-state index is 0.214. The van der Waals surface area contributed by atoms with Gasteiger partial charge in [0.05, 0.1) is 13.2 Å². The maximum atomic E-state index is 14.0. The van der Waals surface area contributed by atoms with Crippen molar-refractivity contribution in [1.82, 2.24) is 0 Å². The van der Waals surface area contributed by atoms with E-state index in [1.54, 1.807) is 18.2 Å². The van der Waals surface area contributed by atoms with Gasteiger partial charge in [0.15, 0.2) is 11.6 Å². The molecule has 0 aliphatic carbocycles. The fourth-order valence-corrected chi connectivity index (χ4v) is 3.09. The molecular weight excluding hydrogens is 263 g/mol. The Kier molecular flexibility index (Phi) is 4.56. The van der Waals surface area contributed by atoms with Gasteiger partial charge in [-0.25, -0.2) is 4.39 Å². The summed E-state index contributed by atoms with van der Waals surface area (Å²) in [6, 6.07) is 7.00. The molecule has 2 nitrogen and oxygen atoms in total. The van der Waals surface area contributed by atoms with E-state index < -0.39 is 11.9 Å². The Morgan fingerprint density at radius 2 is 2.11 bits per heavy atom. The van der Waals surface area contributed by atoms with Gasteiger partial charge in [0, 0.05) is 11.3 Å². The molecule has 1 N–H and O–H groups in total. The summed E-state index contributed by atoms with van der Waals surface area (Å²) in [7, 11) is 1.44. The van der Waals surface area contributed by atoms with Gasteiger partial charge >= 0.3 is 0 Å². The van der Waals surface area contributed by atoms with Gasteiger partial charge in [-0.1, -0.05) is 19.1 Å². The molecule has 0 radical (unpaired) electrons. The van der Waals surface area contributed by atoms with Crippen LogP contribution in [0.2, 0.25) is 0 Å². The van der Waals surface area contributed by atoms with Gasteiger partial charge in [-0.05, 0) is 35.1 Å². The average molecular weight is 280 g/mol. The van der Waals surface area contributed by atoms with Crippen LogP contribution in [0.15, 0.2) is 29.6 Å². The average Bonchev–Trinajstić information content (AvgIpc) is 2.89. The van der Waals surface area contributed by atoms with Crippen molar-refractivity contribution in [3.63, 3.8) is 0 Å². The summed E-state index contributed by atoms with van der Waals surface area (Å²) in [4.78, 5) is 0.921. The van der Waals surface area contributed by atoms with Crippen molar-refractivity contribution in [1.29, 1.82) is 0 Å². The summed E-state index contributed by atoms with van der Waals surface area (Å²) in [5.74, 6) is -0.176. The second-order valence-corrected chi connectivity index (χ2v) is 5.26. The Bertz CT molecular complexity index is 551. The lowest BCUT2D eigenvalue weighted by Gasteiger charge is -2.13. The predicted molar refractivity (Wildman–Crippen MR) is 75.3 cm³/mol. The molecule has 2 rings (SSSR count). The Balaban J connectivity index is 2.22. The Labute approximate surface area is 116 Å². The number of thiophene rings is 1. The van der Waals surface area contributed by atoms with E-state index in [0.29, 0.717) is 5.56 Å². The Hall–Kier alpha value is -1.39. The quantitative estimate of drug-likeness (QED) is 0.904. The lowest BCUT2D eigenvalue weighted by atomic mass is 10.0. The number of halogens is 1. The zero-order valence-electron chi connectivity index (χ0n) is 11.0. The van der Waals surface area contributed by atoms with E-state index in [2.05, 4.69) is 0 Å². The van der Waals surface area contributed by atoms with Crippen molar-refractivity contribution in [2.45, 2.75) is 25.9 Å². The van der Waals surface area contributed by atoms with Crippen LogP contribution in [0.4, 0.5) is 4.39 Å². The van der Waals surface area contributed by atoms with Gasteiger partial charge in [0.25, 0.3) is 0 Å². The third kappa shape index (κ3) is 2.96. The summed E-state index contributed by atoms with van der Waals surface area (Å²) in [5, 5.41) is 12.2. The van der Waals surface area contributed by atoms with E-state index in [1.807, 2.05) is 18.4 Å². The maximum Gasteiger partial charge on any atom is 0.168 e. The fraction of sp³-hybridized carbons (Fsp3) is 0.333. The molecule has 0 aliphatic heterocycles. The smallest absolute Gasteiger partial charge is 0.168 e. The standard InChI is InChI=1S/C15H17FO2S/c1-3-10-7-8-19-15(10)12(17)9-11-5-4-6-13(18-2)14(11)16/h4-8,12,17H,3,9H2,1-2H3. The summed E-state index contributed by atoms with van der Waals surface area (Å²) < 4.78 is 19.0. The molecule has 1 aromatic carbocycles. The number of methoxy groups -OCH3 is 1. The van der Waals surface area contributed by atoms with Crippen molar-refractivity contribution in [3.05, 3.63) is 51.5 Å². The van der Waals surface area contributed by atoms with E-state index in [0.717, 1.165) is 16.9 Å². The molecule has 102 valence electrons. The summed E-state index contributed by atoms with van der Waals surface area (Å²) in [5.41, 5.74) is 1.60. The number of aliphatic hydroxyl groups is 1. The first-order chi connectivity index (χ1) is 9.17. The van der Waals surface area contributed by atoms with Crippen LogP contribution in [-0.4, -0.2) is 12.2 Å². The van der Waals surface area contributed by atoms with Gasteiger partial charge in [-0.15, -0.1) is 11.3 Å². The van der Waals surface area contributed by atoms with Crippen LogP contribution in [0.25, 0.3) is 0 Å². The van der Waals surface area contributed by atoms with Gasteiger partial charge in [-0.3, -0.25) is 0 Å². The summed E-state index contributed by atoms with van der Waals surface area (Å²) in [6.07, 6.45) is 0.462. The number of hydrogen-bond acceptors (Lipinski definition) is 3. The topological polar surface area (TPSA) is 29.5 Å². The highest BCUT2D eigenvalue weighted by atomic mass is 32.1. The van der Waals surface area contributed by atoms with Crippen molar-refractivity contribution in [3.8, 4) is 5.75 Å². The molecule has 0 aliphatic rings. The molecule has 0 saturated carbocycles. The molecule has 1 unspecified atom stereocenters. The predicted octanol–water partition coefficient (Wildman–Crippen LogP) is 3.73. The molecule has 19 heavy (non-hydrogen) atoms. The van der Waals surface area contributed by atoms with Crippen molar-refractivity contribution in [2.75, 3.05) is 7.11 Å². The van der Waals surface area contributed by atoms with Crippen LogP contribution in [0.3, 0.4) is 0 Å². The first-order valence-electron chi connectivity index (χ1n) is 6.23. The van der Waals surface area contributed by atoms with E-state index in [4.69, 9.17) is 4.74 Å². The number of benzene rings is 1. The lowest BCUT2D eigenvalue weighted by Crippen LogP contribution is -2.04. The third-order valence-electron chi connectivity index (χ3n) is 3.14. The number of hydrogen-bond donors (Lipinski definition) is 1. The van der Waals surface area contributed by atoms with Crippen molar-refractivity contribution >= 4 is 11.3 Å². The van der Waals surface area contributed by atoms with Crippen LogP contribution >= 0.6 is 11.3 Å². The van der Waals surface area contributed by atoms with Gasteiger partial charge in [-0.2, -0.15) is 0 Å². The SMILES string of the molecule is CCc1ccsc1C(O)Cc1cccc(OC)c1F. The normalized spacial score (nSPS) is 12.4. The van der Waals surface area contributed by atoms with Crippen LogP contribution in [-0.2, 0) is 12.8 Å². The summed E-state index contributed by atoms with van der Waals surface area (Å²) >= 11 is 1.51. The molecule has 0 amide bonds.